The molecule has 9 nitrogen and oxygen atoms in total. The molecule has 0 bridgehead atoms. The van der Waals surface area contributed by atoms with E-state index in [2.05, 4.69) is 30.4 Å². The maximum Gasteiger partial charge on any atom is 0.241 e. The van der Waals surface area contributed by atoms with E-state index >= 15 is 0 Å². The molecule has 0 radical (unpaired) electrons. The first-order valence-corrected chi connectivity index (χ1v) is 6.45. The van der Waals surface area contributed by atoms with Gasteiger partial charge in [0.2, 0.25) is 17.8 Å². The molecule has 0 aromatic carbocycles. The molecule has 21 heavy (non-hydrogen) atoms. The average molecular weight is 285 g/mol. The van der Waals surface area contributed by atoms with Crippen LogP contribution >= 0.6 is 0 Å². The van der Waals surface area contributed by atoms with Crippen LogP contribution < -0.4 is 11.1 Å². The van der Waals surface area contributed by atoms with E-state index in [4.69, 9.17) is 5.73 Å². The lowest BCUT2D eigenvalue weighted by atomic mass is 10.3. The van der Waals surface area contributed by atoms with Crippen LogP contribution in [0.4, 0.5) is 17.6 Å². The SMILES string of the molecule is CCc1nn(C)cc1Nc1nc(N)nc(-n2ccnc2)n1. The van der Waals surface area contributed by atoms with Crippen LogP contribution in [0.2, 0.25) is 0 Å². The molecular formula is C12H15N9. The highest BCUT2D eigenvalue weighted by molar-refractivity contribution is 5.56. The van der Waals surface area contributed by atoms with Gasteiger partial charge in [-0.1, -0.05) is 6.92 Å². The number of nitrogen functional groups attached to an aromatic ring is 1. The van der Waals surface area contributed by atoms with Crippen LogP contribution in [0.25, 0.3) is 5.95 Å². The Morgan fingerprint density at radius 1 is 1.29 bits per heavy atom. The van der Waals surface area contributed by atoms with Gasteiger partial charge in [0.05, 0.1) is 11.4 Å². The summed E-state index contributed by atoms with van der Waals surface area (Å²) in [5, 5.41) is 7.48. The predicted molar refractivity (Wildman–Crippen MR) is 77.2 cm³/mol. The first-order valence-electron chi connectivity index (χ1n) is 6.45. The molecule has 0 aliphatic heterocycles. The standard InChI is InChI=1S/C12H15N9/c1-3-8-9(6-20(2)19-8)15-11-16-10(13)17-12(18-11)21-5-4-14-7-21/h4-7H,3H2,1-2H3,(H3,13,15,16,17,18). The number of imidazole rings is 1. The molecule has 3 N–H and O–H groups in total. The molecule has 0 aliphatic rings. The van der Waals surface area contributed by atoms with Gasteiger partial charge < -0.3 is 11.1 Å². The van der Waals surface area contributed by atoms with Crippen LogP contribution in [0.1, 0.15) is 12.6 Å². The molecular weight excluding hydrogens is 270 g/mol. The van der Waals surface area contributed by atoms with Crippen LogP contribution in [0, 0.1) is 0 Å². The van der Waals surface area contributed by atoms with E-state index in [1.54, 1.807) is 28.0 Å². The zero-order chi connectivity index (χ0) is 14.8. The highest BCUT2D eigenvalue weighted by atomic mass is 15.3. The number of hydrogen-bond acceptors (Lipinski definition) is 7. The highest BCUT2D eigenvalue weighted by Crippen LogP contribution is 2.18. The second-order valence-corrected chi connectivity index (χ2v) is 4.43. The van der Waals surface area contributed by atoms with Gasteiger partial charge in [-0.3, -0.25) is 9.25 Å². The summed E-state index contributed by atoms with van der Waals surface area (Å²) in [6.45, 7) is 2.03. The van der Waals surface area contributed by atoms with Gasteiger partial charge >= 0.3 is 0 Å². The molecule has 108 valence electrons. The summed E-state index contributed by atoms with van der Waals surface area (Å²) >= 11 is 0. The van der Waals surface area contributed by atoms with Crippen molar-refractivity contribution < 1.29 is 0 Å². The third-order valence-electron chi connectivity index (χ3n) is 2.86. The number of aromatic nitrogens is 7. The summed E-state index contributed by atoms with van der Waals surface area (Å²) in [6.07, 6.45) is 7.65. The van der Waals surface area contributed by atoms with Crippen molar-refractivity contribution in [3.63, 3.8) is 0 Å². The van der Waals surface area contributed by atoms with Crippen LogP contribution in [-0.2, 0) is 13.5 Å². The van der Waals surface area contributed by atoms with E-state index in [9.17, 15) is 0 Å². The van der Waals surface area contributed by atoms with Gasteiger partial charge in [0.1, 0.15) is 6.33 Å². The lowest BCUT2D eigenvalue weighted by Crippen LogP contribution is -2.08. The molecule has 0 fully saturated rings. The van der Waals surface area contributed by atoms with Crippen molar-refractivity contribution in [1.82, 2.24) is 34.3 Å². The van der Waals surface area contributed by atoms with Gasteiger partial charge in [-0.2, -0.15) is 20.1 Å². The normalized spacial score (nSPS) is 10.8. The Kier molecular flexibility index (Phi) is 3.22. The quantitative estimate of drug-likeness (QED) is 0.724. The van der Waals surface area contributed by atoms with E-state index in [-0.39, 0.29) is 5.95 Å². The fraction of sp³-hybridized carbons (Fsp3) is 0.250. The molecule has 3 heterocycles. The van der Waals surface area contributed by atoms with Gasteiger partial charge in [-0.25, -0.2) is 4.98 Å². The average Bonchev–Trinajstić information content (AvgIpc) is 3.07. The van der Waals surface area contributed by atoms with Gasteiger partial charge in [-0.05, 0) is 6.42 Å². The van der Waals surface area contributed by atoms with Gasteiger partial charge in [-0.15, -0.1) is 0 Å². The smallest absolute Gasteiger partial charge is 0.241 e. The lowest BCUT2D eigenvalue weighted by Gasteiger charge is -2.06. The first kappa shape index (κ1) is 13.0. The van der Waals surface area contributed by atoms with Crippen molar-refractivity contribution in [2.45, 2.75) is 13.3 Å². The van der Waals surface area contributed by atoms with Crippen LogP contribution in [0.5, 0.6) is 0 Å². The Morgan fingerprint density at radius 3 is 2.86 bits per heavy atom. The number of anilines is 3. The molecule has 3 aromatic heterocycles. The summed E-state index contributed by atoms with van der Waals surface area (Å²) in [7, 11) is 1.86. The molecule has 9 heteroatoms. The number of rotatable bonds is 4. The third-order valence-corrected chi connectivity index (χ3v) is 2.86. The van der Waals surface area contributed by atoms with E-state index in [1.807, 2.05) is 20.2 Å². The van der Waals surface area contributed by atoms with Crippen LogP contribution in [0.3, 0.4) is 0 Å². The maximum absolute atomic E-state index is 5.74. The van der Waals surface area contributed by atoms with Gasteiger partial charge in [0.15, 0.2) is 0 Å². The van der Waals surface area contributed by atoms with Crippen LogP contribution in [0.15, 0.2) is 24.9 Å². The Hall–Kier alpha value is -2.97. The summed E-state index contributed by atoms with van der Waals surface area (Å²) in [6, 6.07) is 0. The lowest BCUT2D eigenvalue weighted by molar-refractivity contribution is 0.746. The molecule has 0 unspecified atom stereocenters. The van der Waals surface area contributed by atoms with Crippen LogP contribution in [-0.4, -0.2) is 34.3 Å². The molecule has 0 aliphatic carbocycles. The molecule has 3 rings (SSSR count). The van der Waals surface area contributed by atoms with Crippen molar-refractivity contribution in [1.29, 1.82) is 0 Å². The van der Waals surface area contributed by atoms with Crippen molar-refractivity contribution in [2.24, 2.45) is 7.05 Å². The fourth-order valence-electron chi connectivity index (χ4n) is 1.95. The largest absolute Gasteiger partial charge is 0.368 e. The summed E-state index contributed by atoms with van der Waals surface area (Å²) < 4.78 is 3.40. The number of hydrogen-bond donors (Lipinski definition) is 2. The maximum atomic E-state index is 5.74. The number of aryl methyl sites for hydroxylation is 2. The molecule has 3 aromatic rings. The Balaban J connectivity index is 1.95. The number of nitrogens with zero attached hydrogens (tertiary/aromatic N) is 7. The Morgan fingerprint density at radius 2 is 2.14 bits per heavy atom. The molecule has 0 amide bonds. The molecule has 0 saturated heterocycles. The van der Waals surface area contributed by atoms with E-state index in [0.29, 0.717) is 11.9 Å². The van der Waals surface area contributed by atoms with E-state index in [1.165, 1.54) is 0 Å². The molecule has 0 spiro atoms. The topological polar surface area (TPSA) is 112 Å². The monoisotopic (exact) mass is 285 g/mol. The third kappa shape index (κ3) is 2.66. The second kappa shape index (κ2) is 5.19. The van der Waals surface area contributed by atoms with Gasteiger partial charge in [0.25, 0.3) is 0 Å². The molecule has 0 saturated carbocycles. The second-order valence-electron chi connectivity index (χ2n) is 4.43. The van der Waals surface area contributed by atoms with Crippen molar-refractivity contribution in [3.8, 4) is 5.95 Å². The number of nitrogens with one attached hydrogen (secondary N) is 1. The number of nitrogens with two attached hydrogens (primary N) is 1. The zero-order valence-electron chi connectivity index (χ0n) is 11.7. The Labute approximate surface area is 120 Å². The first-order chi connectivity index (χ1) is 10.2. The minimum Gasteiger partial charge on any atom is -0.368 e. The van der Waals surface area contributed by atoms with Crippen molar-refractivity contribution in [3.05, 3.63) is 30.6 Å². The van der Waals surface area contributed by atoms with Gasteiger partial charge in [0, 0.05) is 25.6 Å². The Bertz CT molecular complexity index is 744. The fourth-order valence-corrected chi connectivity index (χ4v) is 1.95. The van der Waals surface area contributed by atoms with E-state index < -0.39 is 0 Å². The summed E-state index contributed by atoms with van der Waals surface area (Å²) in [5.74, 6) is 0.913. The van der Waals surface area contributed by atoms with Crippen molar-refractivity contribution in [2.75, 3.05) is 11.1 Å². The highest BCUT2D eigenvalue weighted by Gasteiger charge is 2.10. The zero-order valence-corrected chi connectivity index (χ0v) is 11.7. The predicted octanol–water partition coefficient (Wildman–Crippen LogP) is 0.679. The minimum absolute atomic E-state index is 0.137. The summed E-state index contributed by atoms with van der Waals surface area (Å²) in [5.41, 5.74) is 7.52. The van der Waals surface area contributed by atoms with E-state index in [0.717, 1.165) is 17.8 Å². The molecule has 0 atom stereocenters. The minimum atomic E-state index is 0.137. The summed E-state index contributed by atoms with van der Waals surface area (Å²) in [4.78, 5) is 16.5. The van der Waals surface area contributed by atoms with Crippen molar-refractivity contribution >= 4 is 17.6 Å².